The average molecular weight is 310 g/mol. The Bertz CT molecular complexity index is 687. The molecule has 0 spiro atoms. The Morgan fingerprint density at radius 1 is 1.43 bits per heavy atom. The number of Topliss-reactive ketones (excluding diaryl/α,β-unsaturated/α-hetero) is 1. The van der Waals surface area contributed by atoms with Gasteiger partial charge < -0.3 is 0 Å². The lowest BCUT2D eigenvalue weighted by atomic mass is 10.1. The van der Waals surface area contributed by atoms with E-state index in [2.05, 4.69) is 15.5 Å². The number of tetrazole rings is 1. The standard InChI is InChI=1S/C13H12F2N4OS/c1-7(12(20)10-6-8(14)2-5-11(10)15)21-13-16-17-18-19(13)9-3-4-9/h2,5-7,9H,3-4H2,1H3/t7-/m0/s1. The summed E-state index contributed by atoms with van der Waals surface area (Å²) in [6.45, 7) is 1.63. The van der Waals surface area contributed by atoms with Crippen molar-refractivity contribution in [1.82, 2.24) is 20.2 Å². The van der Waals surface area contributed by atoms with Crippen molar-refractivity contribution in [2.24, 2.45) is 0 Å². The van der Waals surface area contributed by atoms with Crippen LogP contribution in [0, 0.1) is 11.6 Å². The van der Waals surface area contributed by atoms with Crippen molar-refractivity contribution in [1.29, 1.82) is 0 Å². The molecule has 1 fully saturated rings. The molecular weight excluding hydrogens is 298 g/mol. The van der Waals surface area contributed by atoms with E-state index in [1.165, 1.54) is 0 Å². The monoisotopic (exact) mass is 310 g/mol. The number of benzene rings is 1. The van der Waals surface area contributed by atoms with Crippen LogP contribution in [-0.4, -0.2) is 31.2 Å². The number of hydrogen-bond acceptors (Lipinski definition) is 5. The highest BCUT2D eigenvalue weighted by molar-refractivity contribution is 8.00. The maximum Gasteiger partial charge on any atom is 0.210 e. The number of rotatable bonds is 5. The molecular formula is C13H12F2N4OS. The Labute approximate surface area is 123 Å². The minimum atomic E-state index is -0.726. The minimum absolute atomic E-state index is 0.250. The summed E-state index contributed by atoms with van der Waals surface area (Å²) in [5.74, 6) is -1.85. The van der Waals surface area contributed by atoms with Gasteiger partial charge in [-0.2, -0.15) is 0 Å². The molecule has 0 aliphatic heterocycles. The predicted molar refractivity (Wildman–Crippen MR) is 72.1 cm³/mol. The molecule has 1 aromatic carbocycles. The van der Waals surface area contributed by atoms with E-state index in [0.717, 1.165) is 42.8 Å². The average Bonchev–Trinajstić information content (AvgIpc) is 3.21. The van der Waals surface area contributed by atoms with Crippen LogP contribution in [0.2, 0.25) is 0 Å². The molecule has 0 N–H and O–H groups in total. The third-order valence-corrected chi connectivity index (χ3v) is 4.25. The lowest BCUT2D eigenvalue weighted by Crippen LogP contribution is -2.16. The zero-order valence-corrected chi connectivity index (χ0v) is 12.0. The Balaban J connectivity index is 1.78. The molecule has 0 saturated heterocycles. The van der Waals surface area contributed by atoms with Crippen molar-refractivity contribution in [3.63, 3.8) is 0 Å². The third-order valence-electron chi connectivity index (χ3n) is 3.20. The molecule has 1 saturated carbocycles. The first-order chi connectivity index (χ1) is 10.1. The topological polar surface area (TPSA) is 60.7 Å². The summed E-state index contributed by atoms with van der Waals surface area (Å²) >= 11 is 1.15. The second kappa shape index (κ2) is 5.51. The van der Waals surface area contributed by atoms with Gasteiger partial charge in [-0.1, -0.05) is 11.8 Å². The van der Waals surface area contributed by atoms with E-state index in [1.54, 1.807) is 11.6 Å². The van der Waals surface area contributed by atoms with Gasteiger partial charge in [0.05, 0.1) is 16.9 Å². The molecule has 0 radical (unpaired) electrons. The van der Waals surface area contributed by atoms with Crippen molar-refractivity contribution in [2.75, 3.05) is 0 Å². The highest BCUT2D eigenvalue weighted by atomic mass is 32.2. The summed E-state index contributed by atoms with van der Waals surface area (Å²) < 4.78 is 28.5. The molecule has 0 amide bonds. The first-order valence-corrected chi connectivity index (χ1v) is 7.38. The number of halogens is 2. The molecule has 1 atom stereocenters. The summed E-state index contributed by atoms with van der Waals surface area (Å²) in [6.07, 6.45) is 2.03. The second-order valence-corrected chi connectivity index (χ2v) is 6.19. The maximum absolute atomic E-state index is 13.6. The summed E-state index contributed by atoms with van der Waals surface area (Å²) in [7, 11) is 0. The Kier molecular flexibility index (Phi) is 3.71. The van der Waals surface area contributed by atoms with Gasteiger partial charge in [-0.15, -0.1) is 5.10 Å². The van der Waals surface area contributed by atoms with Crippen LogP contribution in [0.1, 0.15) is 36.2 Å². The number of nitrogens with zero attached hydrogens (tertiary/aromatic N) is 4. The van der Waals surface area contributed by atoms with Crippen LogP contribution in [0.15, 0.2) is 23.4 Å². The first-order valence-electron chi connectivity index (χ1n) is 6.50. The minimum Gasteiger partial charge on any atom is -0.293 e. The maximum atomic E-state index is 13.6. The van der Waals surface area contributed by atoms with E-state index in [-0.39, 0.29) is 11.6 Å². The van der Waals surface area contributed by atoms with Crippen molar-refractivity contribution >= 4 is 17.5 Å². The van der Waals surface area contributed by atoms with Crippen LogP contribution in [0.25, 0.3) is 0 Å². The Morgan fingerprint density at radius 2 is 2.19 bits per heavy atom. The highest BCUT2D eigenvalue weighted by Gasteiger charge is 2.30. The molecule has 1 aliphatic rings. The van der Waals surface area contributed by atoms with E-state index in [1.807, 2.05) is 0 Å². The van der Waals surface area contributed by atoms with Crippen LogP contribution in [0.4, 0.5) is 8.78 Å². The van der Waals surface area contributed by atoms with Crippen LogP contribution in [0.3, 0.4) is 0 Å². The molecule has 0 unspecified atom stereocenters. The number of carbonyl (C=O) groups is 1. The van der Waals surface area contributed by atoms with E-state index in [4.69, 9.17) is 0 Å². The van der Waals surface area contributed by atoms with Crippen LogP contribution >= 0.6 is 11.8 Å². The fourth-order valence-corrected chi connectivity index (χ4v) is 2.86. The molecule has 1 aliphatic carbocycles. The van der Waals surface area contributed by atoms with Gasteiger partial charge >= 0.3 is 0 Å². The van der Waals surface area contributed by atoms with E-state index in [9.17, 15) is 13.6 Å². The molecule has 8 heteroatoms. The largest absolute Gasteiger partial charge is 0.293 e. The summed E-state index contributed by atoms with van der Waals surface area (Å²) in [4.78, 5) is 12.2. The highest BCUT2D eigenvalue weighted by Crippen LogP contribution is 2.37. The van der Waals surface area contributed by atoms with E-state index < -0.39 is 22.7 Å². The number of aromatic nitrogens is 4. The van der Waals surface area contributed by atoms with E-state index >= 15 is 0 Å². The summed E-state index contributed by atoms with van der Waals surface area (Å²) in [6, 6.07) is 3.14. The number of hydrogen-bond donors (Lipinski definition) is 0. The smallest absolute Gasteiger partial charge is 0.210 e. The molecule has 2 aromatic rings. The normalized spacial score (nSPS) is 16.0. The van der Waals surface area contributed by atoms with Gasteiger partial charge in [0.2, 0.25) is 5.16 Å². The number of carbonyl (C=O) groups excluding carboxylic acids is 1. The zero-order valence-electron chi connectivity index (χ0n) is 11.2. The van der Waals surface area contributed by atoms with Gasteiger partial charge in [-0.05, 0) is 48.4 Å². The summed E-state index contributed by atoms with van der Waals surface area (Å²) in [5, 5.41) is 11.3. The third kappa shape index (κ3) is 2.94. The van der Waals surface area contributed by atoms with E-state index in [0.29, 0.717) is 5.16 Å². The Morgan fingerprint density at radius 3 is 2.90 bits per heavy atom. The predicted octanol–water partition coefficient (Wildman–Crippen LogP) is 2.65. The number of ketones is 1. The number of thioether (sulfide) groups is 1. The van der Waals surface area contributed by atoms with Gasteiger partial charge in [-0.25, -0.2) is 13.5 Å². The molecule has 110 valence electrons. The second-order valence-electron chi connectivity index (χ2n) is 4.89. The van der Waals surface area contributed by atoms with Crippen LogP contribution in [0.5, 0.6) is 0 Å². The van der Waals surface area contributed by atoms with Crippen molar-refractivity contribution in [3.05, 3.63) is 35.4 Å². The van der Waals surface area contributed by atoms with Gasteiger partial charge in [0.25, 0.3) is 0 Å². The summed E-state index contributed by atoms with van der Waals surface area (Å²) in [5.41, 5.74) is -0.250. The lowest BCUT2D eigenvalue weighted by Gasteiger charge is -2.10. The fourth-order valence-electron chi connectivity index (χ4n) is 1.93. The van der Waals surface area contributed by atoms with Crippen LogP contribution < -0.4 is 0 Å². The van der Waals surface area contributed by atoms with Gasteiger partial charge in [-0.3, -0.25) is 4.79 Å². The quantitative estimate of drug-likeness (QED) is 0.627. The van der Waals surface area contributed by atoms with Crippen molar-refractivity contribution in [3.8, 4) is 0 Å². The van der Waals surface area contributed by atoms with Gasteiger partial charge in [0.1, 0.15) is 11.6 Å². The molecule has 5 nitrogen and oxygen atoms in total. The zero-order chi connectivity index (χ0) is 15.0. The SMILES string of the molecule is C[C@H](Sc1nnnn1C1CC1)C(=O)c1cc(F)ccc1F. The molecule has 3 rings (SSSR count). The molecule has 1 heterocycles. The van der Waals surface area contributed by atoms with Gasteiger partial charge in [0.15, 0.2) is 5.78 Å². The lowest BCUT2D eigenvalue weighted by molar-refractivity contribution is 0.0989. The molecule has 0 bridgehead atoms. The van der Waals surface area contributed by atoms with Gasteiger partial charge in [0, 0.05) is 0 Å². The Hall–Kier alpha value is -1.83. The van der Waals surface area contributed by atoms with Crippen molar-refractivity contribution < 1.29 is 13.6 Å². The first kappa shape index (κ1) is 14.1. The van der Waals surface area contributed by atoms with Crippen molar-refractivity contribution in [2.45, 2.75) is 36.2 Å². The fraction of sp³-hybridized carbons (Fsp3) is 0.385. The van der Waals surface area contributed by atoms with Crippen LogP contribution in [-0.2, 0) is 0 Å². The molecule has 1 aromatic heterocycles. The molecule has 21 heavy (non-hydrogen) atoms.